The number of benzene rings is 1. The first kappa shape index (κ1) is 19.0. The van der Waals surface area contributed by atoms with Crippen LogP contribution in [-0.2, 0) is 14.3 Å². The molecule has 1 aromatic carbocycles. The molecule has 0 spiro atoms. The highest BCUT2D eigenvalue weighted by atomic mass is 16.7. The Hall–Kier alpha value is -2.04. The van der Waals surface area contributed by atoms with Crippen LogP contribution in [0.4, 0.5) is 4.79 Å². The summed E-state index contributed by atoms with van der Waals surface area (Å²) in [6, 6.07) is 7.01. The Labute approximate surface area is 137 Å². The van der Waals surface area contributed by atoms with Gasteiger partial charge >= 0.3 is 12.1 Å². The fourth-order valence-electron chi connectivity index (χ4n) is 2.23. The summed E-state index contributed by atoms with van der Waals surface area (Å²) in [7, 11) is 0. The Bertz CT molecular complexity index is 510. The van der Waals surface area contributed by atoms with Gasteiger partial charge in [-0.05, 0) is 31.7 Å². The molecular weight excluding hydrogens is 296 g/mol. The van der Waals surface area contributed by atoms with E-state index in [0.717, 1.165) is 6.42 Å². The normalized spacial score (nSPS) is 11.9. The van der Waals surface area contributed by atoms with E-state index in [1.807, 2.05) is 26.8 Å². The van der Waals surface area contributed by atoms with Gasteiger partial charge in [-0.25, -0.2) is 4.79 Å². The molecule has 0 heterocycles. The van der Waals surface area contributed by atoms with Crippen molar-refractivity contribution in [2.45, 2.75) is 46.5 Å². The predicted octanol–water partition coefficient (Wildman–Crippen LogP) is 4.30. The maximum Gasteiger partial charge on any atom is 0.513 e. The molecule has 0 N–H and O–H groups in total. The fourth-order valence-corrected chi connectivity index (χ4v) is 2.23. The zero-order valence-corrected chi connectivity index (χ0v) is 14.3. The van der Waals surface area contributed by atoms with Gasteiger partial charge in [-0.1, -0.05) is 39.0 Å². The maximum atomic E-state index is 12.3. The van der Waals surface area contributed by atoms with Gasteiger partial charge in [-0.2, -0.15) is 0 Å². The molecule has 128 valence electrons. The summed E-state index contributed by atoms with van der Waals surface area (Å²) < 4.78 is 15.4. The molecule has 0 aliphatic heterocycles. The van der Waals surface area contributed by atoms with E-state index in [2.05, 4.69) is 0 Å². The standard InChI is InChI=1S/C18H26O5/c1-5-11-22-18(20)23-16-10-8-7-9-14(16)15(12-13(3)4)17(19)21-6-2/h7-10,13,15H,5-6,11-12H2,1-4H3. The van der Waals surface area contributed by atoms with Crippen molar-refractivity contribution in [3.63, 3.8) is 0 Å². The molecule has 0 amide bonds. The maximum absolute atomic E-state index is 12.3. The molecule has 0 radical (unpaired) electrons. The average Bonchev–Trinajstić information content (AvgIpc) is 2.51. The molecule has 0 aliphatic carbocycles. The SMILES string of the molecule is CCCOC(=O)Oc1ccccc1C(CC(C)C)C(=O)OCC. The quantitative estimate of drug-likeness (QED) is 0.527. The molecule has 0 aliphatic rings. The Morgan fingerprint density at radius 2 is 1.78 bits per heavy atom. The number of hydrogen-bond acceptors (Lipinski definition) is 5. The van der Waals surface area contributed by atoms with Gasteiger partial charge < -0.3 is 14.2 Å². The first-order chi connectivity index (χ1) is 11.0. The van der Waals surface area contributed by atoms with Crippen molar-refractivity contribution in [2.24, 2.45) is 5.92 Å². The van der Waals surface area contributed by atoms with Gasteiger partial charge in [0.05, 0.1) is 19.1 Å². The van der Waals surface area contributed by atoms with E-state index in [1.165, 1.54) is 0 Å². The van der Waals surface area contributed by atoms with Crippen LogP contribution in [0.25, 0.3) is 0 Å². The summed E-state index contributed by atoms with van der Waals surface area (Å²) in [6.45, 7) is 8.36. The molecule has 5 heteroatoms. The highest BCUT2D eigenvalue weighted by molar-refractivity contribution is 5.79. The number of esters is 1. The molecule has 0 saturated heterocycles. The lowest BCUT2D eigenvalue weighted by Gasteiger charge is -2.20. The fraction of sp³-hybridized carbons (Fsp3) is 0.556. The zero-order chi connectivity index (χ0) is 17.2. The van der Waals surface area contributed by atoms with Crippen LogP contribution < -0.4 is 4.74 Å². The van der Waals surface area contributed by atoms with E-state index in [4.69, 9.17) is 14.2 Å². The second-order valence-corrected chi connectivity index (χ2v) is 5.67. The van der Waals surface area contributed by atoms with Crippen LogP contribution in [0.15, 0.2) is 24.3 Å². The largest absolute Gasteiger partial charge is 0.513 e. The third kappa shape index (κ3) is 6.30. The molecule has 5 nitrogen and oxygen atoms in total. The second-order valence-electron chi connectivity index (χ2n) is 5.67. The summed E-state index contributed by atoms with van der Waals surface area (Å²) in [5.41, 5.74) is 0.646. The monoisotopic (exact) mass is 322 g/mol. The molecule has 0 saturated carbocycles. The lowest BCUT2D eigenvalue weighted by Crippen LogP contribution is -2.20. The van der Waals surface area contributed by atoms with Gasteiger partial charge in [0.2, 0.25) is 0 Å². The number of carbonyl (C=O) groups is 2. The van der Waals surface area contributed by atoms with E-state index in [9.17, 15) is 9.59 Å². The van der Waals surface area contributed by atoms with Crippen molar-refractivity contribution < 1.29 is 23.8 Å². The van der Waals surface area contributed by atoms with Crippen LogP contribution >= 0.6 is 0 Å². The molecule has 1 rings (SSSR count). The highest BCUT2D eigenvalue weighted by Crippen LogP contribution is 2.32. The minimum atomic E-state index is -0.758. The van der Waals surface area contributed by atoms with Gasteiger partial charge in [-0.3, -0.25) is 4.79 Å². The lowest BCUT2D eigenvalue weighted by molar-refractivity contribution is -0.145. The molecule has 1 aromatic rings. The molecule has 23 heavy (non-hydrogen) atoms. The van der Waals surface area contributed by atoms with Crippen molar-refractivity contribution in [2.75, 3.05) is 13.2 Å². The summed E-state index contributed by atoms with van der Waals surface area (Å²) in [5, 5.41) is 0. The molecule has 0 fully saturated rings. The van der Waals surface area contributed by atoms with E-state index < -0.39 is 12.1 Å². The van der Waals surface area contributed by atoms with Crippen molar-refractivity contribution >= 4 is 12.1 Å². The summed E-state index contributed by atoms with van der Waals surface area (Å²) in [4.78, 5) is 24.0. The second kappa shape index (κ2) is 9.87. The van der Waals surface area contributed by atoms with Crippen molar-refractivity contribution in [3.05, 3.63) is 29.8 Å². The van der Waals surface area contributed by atoms with Crippen LogP contribution in [0.5, 0.6) is 5.75 Å². The van der Waals surface area contributed by atoms with Gasteiger partial charge in [-0.15, -0.1) is 0 Å². The molecule has 0 bridgehead atoms. The number of ether oxygens (including phenoxy) is 3. The van der Waals surface area contributed by atoms with Crippen LogP contribution in [-0.4, -0.2) is 25.3 Å². The van der Waals surface area contributed by atoms with Gasteiger partial charge in [0.25, 0.3) is 0 Å². The van der Waals surface area contributed by atoms with Crippen LogP contribution in [0.2, 0.25) is 0 Å². The Morgan fingerprint density at radius 1 is 1.09 bits per heavy atom. The number of para-hydroxylation sites is 1. The van der Waals surface area contributed by atoms with E-state index in [-0.39, 0.29) is 5.97 Å². The van der Waals surface area contributed by atoms with Crippen molar-refractivity contribution in [1.82, 2.24) is 0 Å². The Kier molecular flexibility index (Phi) is 8.16. The van der Waals surface area contributed by atoms with Crippen LogP contribution in [0.3, 0.4) is 0 Å². The Morgan fingerprint density at radius 3 is 2.39 bits per heavy atom. The zero-order valence-electron chi connectivity index (χ0n) is 14.3. The first-order valence-electron chi connectivity index (χ1n) is 8.09. The topological polar surface area (TPSA) is 61.8 Å². The third-order valence-corrected chi connectivity index (χ3v) is 3.19. The molecular formula is C18H26O5. The van der Waals surface area contributed by atoms with E-state index in [0.29, 0.717) is 36.9 Å². The summed E-state index contributed by atoms with van der Waals surface area (Å²) >= 11 is 0. The lowest BCUT2D eigenvalue weighted by atomic mass is 9.89. The number of hydrogen-bond donors (Lipinski definition) is 0. The third-order valence-electron chi connectivity index (χ3n) is 3.19. The minimum absolute atomic E-state index is 0.296. The number of carbonyl (C=O) groups excluding carboxylic acids is 2. The van der Waals surface area contributed by atoms with E-state index >= 15 is 0 Å². The first-order valence-corrected chi connectivity index (χ1v) is 8.09. The van der Waals surface area contributed by atoms with Crippen LogP contribution in [0, 0.1) is 5.92 Å². The number of rotatable bonds is 8. The smallest absolute Gasteiger partial charge is 0.466 e. The summed E-state index contributed by atoms with van der Waals surface area (Å²) in [5.74, 6) is -0.138. The van der Waals surface area contributed by atoms with Crippen molar-refractivity contribution in [3.8, 4) is 5.75 Å². The minimum Gasteiger partial charge on any atom is -0.466 e. The summed E-state index contributed by atoms with van der Waals surface area (Å²) in [6.07, 6.45) is 0.574. The average molecular weight is 322 g/mol. The molecule has 1 unspecified atom stereocenters. The predicted molar refractivity (Wildman–Crippen MR) is 87.5 cm³/mol. The highest BCUT2D eigenvalue weighted by Gasteiger charge is 2.27. The van der Waals surface area contributed by atoms with E-state index in [1.54, 1.807) is 25.1 Å². The van der Waals surface area contributed by atoms with Crippen molar-refractivity contribution in [1.29, 1.82) is 0 Å². The molecule has 1 atom stereocenters. The van der Waals surface area contributed by atoms with Gasteiger partial charge in [0, 0.05) is 5.56 Å². The van der Waals surface area contributed by atoms with Crippen LogP contribution in [0.1, 0.15) is 52.0 Å². The molecule has 0 aromatic heterocycles. The van der Waals surface area contributed by atoms with Gasteiger partial charge in [0.1, 0.15) is 5.75 Å². The Balaban J connectivity index is 3.01. The van der Waals surface area contributed by atoms with Gasteiger partial charge in [0.15, 0.2) is 0 Å².